The second-order valence-corrected chi connectivity index (χ2v) is 8.51. The van der Waals surface area contributed by atoms with Crippen LogP contribution in [0.2, 0.25) is 0 Å². The van der Waals surface area contributed by atoms with Crippen LogP contribution in [-0.2, 0) is 9.59 Å². The molecule has 2 heterocycles. The number of carbonyl (C=O) groups is 2. The molecule has 0 radical (unpaired) electrons. The van der Waals surface area contributed by atoms with E-state index >= 15 is 0 Å². The lowest BCUT2D eigenvalue weighted by atomic mass is 9.92. The minimum Gasteiger partial charge on any atom is -0.342 e. The van der Waals surface area contributed by atoms with Gasteiger partial charge in [-0.1, -0.05) is 48.0 Å². The second-order valence-electron chi connectivity index (χ2n) is 8.51. The summed E-state index contributed by atoms with van der Waals surface area (Å²) >= 11 is 0. The number of benzene rings is 2. The number of hydrogen-bond acceptors (Lipinski definition) is 3. The Balaban J connectivity index is 1.46. The number of nitrogens with one attached hydrogen (secondary N) is 1. The fourth-order valence-corrected chi connectivity index (χ4v) is 4.61. The first kappa shape index (κ1) is 20.6. The maximum atomic E-state index is 13.3. The van der Waals surface area contributed by atoms with Crippen LogP contribution < -0.4 is 5.32 Å². The maximum absolute atomic E-state index is 13.3. The van der Waals surface area contributed by atoms with Gasteiger partial charge in [0, 0.05) is 24.7 Å². The predicted octanol–water partition coefficient (Wildman–Crippen LogP) is 4.01. The predicted molar refractivity (Wildman–Crippen MR) is 119 cm³/mol. The Morgan fingerprint density at radius 1 is 0.900 bits per heavy atom. The summed E-state index contributed by atoms with van der Waals surface area (Å²) in [7, 11) is 0. The molecule has 0 aromatic heterocycles. The van der Waals surface area contributed by atoms with Crippen molar-refractivity contribution in [1.82, 2.24) is 9.80 Å². The molecule has 158 valence electrons. The van der Waals surface area contributed by atoms with E-state index in [0.29, 0.717) is 5.91 Å². The summed E-state index contributed by atoms with van der Waals surface area (Å²) in [6, 6.07) is 17.5. The van der Waals surface area contributed by atoms with Crippen molar-refractivity contribution in [1.29, 1.82) is 0 Å². The fraction of sp³-hybridized carbons (Fsp3) is 0.440. The SMILES string of the molecule is Cc1ccc(NC(=O)C(c2ccccc2)N2CCC(C(=O)N3CCCC3)CC2)cc1. The van der Waals surface area contributed by atoms with Gasteiger partial charge in [-0.3, -0.25) is 14.5 Å². The topological polar surface area (TPSA) is 52.7 Å². The van der Waals surface area contributed by atoms with Crippen molar-refractivity contribution >= 4 is 17.5 Å². The molecule has 0 spiro atoms. The van der Waals surface area contributed by atoms with E-state index in [1.807, 2.05) is 66.4 Å². The molecule has 0 saturated carbocycles. The molecule has 2 amide bonds. The molecule has 30 heavy (non-hydrogen) atoms. The lowest BCUT2D eigenvalue weighted by Crippen LogP contribution is -2.45. The summed E-state index contributed by atoms with van der Waals surface area (Å²) in [6.07, 6.45) is 3.88. The number of amides is 2. The Kier molecular flexibility index (Phi) is 6.48. The molecule has 0 aliphatic carbocycles. The average Bonchev–Trinajstić information content (AvgIpc) is 3.31. The Labute approximate surface area is 179 Å². The van der Waals surface area contributed by atoms with Crippen molar-refractivity contribution in [2.75, 3.05) is 31.5 Å². The van der Waals surface area contributed by atoms with Crippen LogP contribution in [0.3, 0.4) is 0 Å². The van der Waals surface area contributed by atoms with Gasteiger partial charge in [0.15, 0.2) is 0 Å². The van der Waals surface area contributed by atoms with E-state index in [9.17, 15) is 9.59 Å². The zero-order chi connectivity index (χ0) is 20.9. The number of nitrogens with zero attached hydrogens (tertiary/aromatic N) is 2. The number of likely N-dealkylation sites (tertiary alicyclic amines) is 2. The van der Waals surface area contributed by atoms with Crippen LogP contribution in [0.25, 0.3) is 0 Å². The van der Waals surface area contributed by atoms with Gasteiger partial charge < -0.3 is 10.2 Å². The van der Waals surface area contributed by atoms with Gasteiger partial charge >= 0.3 is 0 Å². The summed E-state index contributed by atoms with van der Waals surface area (Å²) in [5, 5.41) is 3.09. The van der Waals surface area contributed by atoms with E-state index < -0.39 is 0 Å². The zero-order valence-electron chi connectivity index (χ0n) is 17.7. The molecule has 2 aromatic carbocycles. The Hall–Kier alpha value is -2.66. The van der Waals surface area contributed by atoms with Gasteiger partial charge in [0.25, 0.3) is 0 Å². The Morgan fingerprint density at radius 2 is 1.53 bits per heavy atom. The van der Waals surface area contributed by atoms with Crippen LogP contribution in [0.1, 0.15) is 42.9 Å². The fourth-order valence-electron chi connectivity index (χ4n) is 4.61. The third kappa shape index (κ3) is 4.73. The molecule has 2 aliphatic rings. The van der Waals surface area contributed by atoms with Crippen molar-refractivity contribution in [3.63, 3.8) is 0 Å². The number of hydrogen-bond donors (Lipinski definition) is 1. The lowest BCUT2D eigenvalue weighted by molar-refractivity contribution is -0.136. The summed E-state index contributed by atoms with van der Waals surface area (Å²) in [4.78, 5) is 30.3. The first-order chi connectivity index (χ1) is 14.6. The molecule has 0 bridgehead atoms. The molecule has 5 nitrogen and oxygen atoms in total. The highest BCUT2D eigenvalue weighted by atomic mass is 16.2. The van der Waals surface area contributed by atoms with Crippen LogP contribution >= 0.6 is 0 Å². The summed E-state index contributed by atoms with van der Waals surface area (Å²) < 4.78 is 0. The van der Waals surface area contributed by atoms with E-state index in [1.54, 1.807) is 0 Å². The smallest absolute Gasteiger partial charge is 0.246 e. The van der Waals surface area contributed by atoms with Gasteiger partial charge in [0.05, 0.1) is 0 Å². The van der Waals surface area contributed by atoms with E-state index in [1.165, 1.54) is 0 Å². The minimum atomic E-state index is -0.352. The minimum absolute atomic E-state index is 0.0191. The summed E-state index contributed by atoms with van der Waals surface area (Å²) in [6.45, 7) is 5.36. The van der Waals surface area contributed by atoms with Crippen molar-refractivity contribution in [2.45, 2.75) is 38.6 Å². The van der Waals surface area contributed by atoms with Gasteiger partial charge in [0.2, 0.25) is 11.8 Å². The summed E-state index contributed by atoms with van der Waals surface area (Å²) in [5.74, 6) is 0.387. The molecular formula is C25H31N3O2. The highest BCUT2D eigenvalue weighted by Gasteiger charge is 2.35. The number of piperidine rings is 1. The van der Waals surface area contributed by atoms with Crippen LogP contribution in [0.4, 0.5) is 5.69 Å². The molecule has 1 unspecified atom stereocenters. The molecule has 2 aromatic rings. The van der Waals surface area contributed by atoms with E-state index in [2.05, 4.69) is 10.2 Å². The molecule has 2 saturated heterocycles. The molecule has 5 heteroatoms. The number of anilines is 1. The van der Waals surface area contributed by atoms with Crippen molar-refractivity contribution < 1.29 is 9.59 Å². The van der Waals surface area contributed by atoms with E-state index in [4.69, 9.17) is 0 Å². The van der Waals surface area contributed by atoms with Gasteiger partial charge in [0.1, 0.15) is 6.04 Å². The number of aryl methyl sites for hydroxylation is 1. The van der Waals surface area contributed by atoms with E-state index in [0.717, 1.165) is 68.7 Å². The maximum Gasteiger partial charge on any atom is 0.246 e. The Morgan fingerprint density at radius 3 is 2.17 bits per heavy atom. The van der Waals surface area contributed by atoms with Gasteiger partial charge in [-0.15, -0.1) is 0 Å². The molecule has 2 aliphatic heterocycles. The first-order valence-corrected chi connectivity index (χ1v) is 11.1. The second kappa shape index (κ2) is 9.43. The normalized spacial score (nSPS) is 18.9. The molecular weight excluding hydrogens is 374 g/mol. The van der Waals surface area contributed by atoms with Crippen molar-refractivity contribution in [3.05, 3.63) is 65.7 Å². The molecule has 1 N–H and O–H groups in total. The quantitative estimate of drug-likeness (QED) is 0.818. The standard InChI is InChI=1S/C25H31N3O2/c1-19-9-11-22(12-10-19)26-24(29)23(20-7-3-2-4-8-20)27-17-13-21(14-18-27)25(30)28-15-5-6-16-28/h2-4,7-12,21,23H,5-6,13-18H2,1H3,(H,26,29). The molecule has 1 atom stereocenters. The third-order valence-electron chi connectivity index (χ3n) is 6.34. The van der Waals surface area contributed by atoms with Gasteiger partial charge in [-0.25, -0.2) is 0 Å². The number of carbonyl (C=O) groups excluding carboxylic acids is 2. The third-order valence-corrected chi connectivity index (χ3v) is 6.34. The van der Waals surface area contributed by atoms with Gasteiger partial charge in [-0.05, 0) is 63.4 Å². The molecule has 4 rings (SSSR count). The monoisotopic (exact) mass is 405 g/mol. The Bertz CT molecular complexity index is 852. The average molecular weight is 406 g/mol. The zero-order valence-corrected chi connectivity index (χ0v) is 17.7. The largest absolute Gasteiger partial charge is 0.342 e. The highest BCUT2D eigenvalue weighted by molar-refractivity contribution is 5.95. The van der Waals surface area contributed by atoms with Crippen LogP contribution in [-0.4, -0.2) is 47.8 Å². The summed E-state index contributed by atoms with van der Waals surface area (Å²) in [5.41, 5.74) is 2.97. The van der Waals surface area contributed by atoms with Crippen molar-refractivity contribution in [2.24, 2.45) is 5.92 Å². The lowest BCUT2D eigenvalue weighted by Gasteiger charge is -2.37. The van der Waals surface area contributed by atoms with Crippen LogP contribution in [0.15, 0.2) is 54.6 Å². The number of rotatable bonds is 5. The van der Waals surface area contributed by atoms with Crippen LogP contribution in [0.5, 0.6) is 0 Å². The van der Waals surface area contributed by atoms with E-state index in [-0.39, 0.29) is 17.9 Å². The first-order valence-electron chi connectivity index (χ1n) is 11.1. The van der Waals surface area contributed by atoms with Crippen molar-refractivity contribution in [3.8, 4) is 0 Å². The van der Waals surface area contributed by atoms with Gasteiger partial charge in [-0.2, -0.15) is 0 Å². The molecule has 2 fully saturated rings. The highest BCUT2D eigenvalue weighted by Crippen LogP contribution is 2.29. The van der Waals surface area contributed by atoms with Crippen LogP contribution in [0, 0.1) is 12.8 Å².